The van der Waals surface area contributed by atoms with Crippen LogP contribution in [0, 0.1) is 0 Å². The first-order valence-electron chi connectivity index (χ1n) is 8.17. The second-order valence-corrected chi connectivity index (χ2v) is 5.47. The van der Waals surface area contributed by atoms with E-state index in [9.17, 15) is 4.79 Å². The molecule has 0 spiro atoms. The van der Waals surface area contributed by atoms with Crippen LogP contribution in [0.5, 0.6) is 11.5 Å². The Balaban J connectivity index is 2.44. The van der Waals surface area contributed by atoms with Crippen molar-refractivity contribution in [2.24, 2.45) is 0 Å². The normalized spacial score (nSPS) is 10.9. The van der Waals surface area contributed by atoms with E-state index in [-0.39, 0.29) is 5.78 Å². The van der Waals surface area contributed by atoms with Crippen LogP contribution in [-0.4, -0.2) is 19.5 Å². The van der Waals surface area contributed by atoms with Crippen LogP contribution in [-0.2, 0) is 4.79 Å². The van der Waals surface area contributed by atoms with Crippen molar-refractivity contribution in [3.8, 4) is 11.5 Å². The molecule has 0 atom stereocenters. The van der Waals surface area contributed by atoms with Gasteiger partial charge in [0, 0.05) is 0 Å². The second kappa shape index (κ2) is 10.9. The van der Waals surface area contributed by atoms with Crippen LogP contribution >= 0.6 is 0 Å². The van der Waals surface area contributed by atoms with Crippen molar-refractivity contribution in [1.82, 2.24) is 0 Å². The van der Waals surface area contributed by atoms with Gasteiger partial charge in [-0.2, -0.15) is 0 Å². The van der Waals surface area contributed by atoms with Crippen molar-refractivity contribution in [3.05, 3.63) is 29.8 Å². The highest BCUT2D eigenvalue weighted by atomic mass is 16.5. The lowest BCUT2D eigenvalue weighted by molar-refractivity contribution is -0.112. The van der Waals surface area contributed by atoms with Crippen LogP contribution in [0.25, 0.3) is 6.08 Å². The minimum Gasteiger partial charge on any atom is -0.493 e. The molecule has 3 nitrogen and oxygen atoms in total. The molecule has 22 heavy (non-hydrogen) atoms. The third-order valence-corrected chi connectivity index (χ3v) is 3.45. The van der Waals surface area contributed by atoms with Gasteiger partial charge >= 0.3 is 0 Å². The van der Waals surface area contributed by atoms with E-state index in [1.807, 2.05) is 18.2 Å². The van der Waals surface area contributed by atoms with E-state index in [0.717, 1.165) is 17.7 Å². The van der Waals surface area contributed by atoms with E-state index in [2.05, 4.69) is 6.92 Å². The Morgan fingerprint density at radius 3 is 2.50 bits per heavy atom. The number of carbonyl (C=O) groups is 1. The van der Waals surface area contributed by atoms with E-state index in [4.69, 9.17) is 9.47 Å². The molecule has 0 heterocycles. The molecule has 1 aromatic rings. The van der Waals surface area contributed by atoms with E-state index in [0.29, 0.717) is 12.4 Å². The number of hydrogen-bond donors (Lipinski definition) is 0. The number of methoxy groups -OCH3 is 1. The Morgan fingerprint density at radius 2 is 1.82 bits per heavy atom. The summed E-state index contributed by atoms with van der Waals surface area (Å²) in [4.78, 5) is 11.0. The van der Waals surface area contributed by atoms with Crippen molar-refractivity contribution in [1.29, 1.82) is 0 Å². The Morgan fingerprint density at radius 1 is 1.09 bits per heavy atom. The predicted octanol–water partition coefficient (Wildman–Crippen LogP) is 5.04. The molecule has 0 aliphatic rings. The van der Waals surface area contributed by atoms with Gasteiger partial charge in [-0.1, -0.05) is 51.2 Å². The van der Waals surface area contributed by atoms with Crippen molar-refractivity contribution in [3.63, 3.8) is 0 Å². The Hall–Kier alpha value is -1.77. The lowest BCUT2D eigenvalue weighted by atomic mass is 10.1. The molecule has 0 bridgehead atoms. The summed E-state index contributed by atoms with van der Waals surface area (Å²) in [7, 11) is 1.63. The SMILES string of the molecule is CCCCCCCCOc1ccc(/C=C/C(C)=O)cc1OC. The first kappa shape index (κ1) is 18.3. The number of rotatable bonds is 11. The van der Waals surface area contributed by atoms with Crippen LogP contribution in [0.4, 0.5) is 0 Å². The molecule has 0 amide bonds. The topological polar surface area (TPSA) is 35.5 Å². The second-order valence-electron chi connectivity index (χ2n) is 5.47. The van der Waals surface area contributed by atoms with Crippen molar-refractivity contribution < 1.29 is 14.3 Å². The minimum atomic E-state index is 0.0300. The maximum atomic E-state index is 11.0. The van der Waals surface area contributed by atoms with Gasteiger partial charge in [-0.15, -0.1) is 0 Å². The van der Waals surface area contributed by atoms with Gasteiger partial charge in [-0.25, -0.2) is 0 Å². The summed E-state index contributed by atoms with van der Waals surface area (Å²) < 4.78 is 11.2. The summed E-state index contributed by atoms with van der Waals surface area (Å²) in [6, 6.07) is 5.71. The van der Waals surface area contributed by atoms with Gasteiger partial charge in [-0.05, 0) is 37.1 Å². The molecule has 0 unspecified atom stereocenters. The summed E-state index contributed by atoms with van der Waals surface area (Å²) in [5.74, 6) is 1.50. The first-order valence-corrected chi connectivity index (χ1v) is 8.17. The summed E-state index contributed by atoms with van der Waals surface area (Å²) in [6.07, 6.45) is 10.8. The number of benzene rings is 1. The Bertz CT molecular complexity index is 478. The molecule has 0 aromatic heterocycles. The molecule has 1 aromatic carbocycles. The summed E-state index contributed by atoms with van der Waals surface area (Å²) >= 11 is 0. The van der Waals surface area contributed by atoms with Gasteiger partial charge in [0.2, 0.25) is 0 Å². The molecule has 0 saturated heterocycles. The molecule has 0 radical (unpaired) electrons. The molecule has 0 aliphatic heterocycles. The highest BCUT2D eigenvalue weighted by molar-refractivity contribution is 5.91. The fourth-order valence-corrected chi connectivity index (χ4v) is 2.19. The highest BCUT2D eigenvalue weighted by Crippen LogP contribution is 2.28. The van der Waals surface area contributed by atoms with Crippen LogP contribution in [0.1, 0.15) is 57.9 Å². The van der Waals surface area contributed by atoms with Crippen molar-refractivity contribution in [2.45, 2.75) is 52.4 Å². The molecular weight excluding hydrogens is 276 g/mol. The summed E-state index contributed by atoms with van der Waals surface area (Å²) in [5.41, 5.74) is 0.930. The molecule has 0 saturated carbocycles. The highest BCUT2D eigenvalue weighted by Gasteiger charge is 2.04. The van der Waals surface area contributed by atoms with Gasteiger partial charge in [0.1, 0.15) is 0 Å². The third kappa shape index (κ3) is 7.30. The zero-order valence-electron chi connectivity index (χ0n) is 14.1. The van der Waals surface area contributed by atoms with Gasteiger partial charge in [0.15, 0.2) is 17.3 Å². The monoisotopic (exact) mass is 304 g/mol. The standard InChI is InChI=1S/C19H28O3/c1-4-5-6-7-8-9-14-22-18-13-12-17(11-10-16(2)20)15-19(18)21-3/h10-13,15H,4-9,14H2,1-3H3/b11-10+. The fourth-order valence-electron chi connectivity index (χ4n) is 2.19. The van der Waals surface area contributed by atoms with Gasteiger partial charge in [-0.3, -0.25) is 4.79 Å². The first-order chi connectivity index (χ1) is 10.7. The molecular formula is C19H28O3. The number of hydrogen-bond acceptors (Lipinski definition) is 3. The number of carbonyl (C=O) groups excluding carboxylic acids is 1. The number of unbranched alkanes of at least 4 members (excludes halogenated alkanes) is 5. The van der Waals surface area contributed by atoms with Gasteiger partial charge in [0.05, 0.1) is 13.7 Å². The van der Waals surface area contributed by atoms with Crippen LogP contribution in [0.2, 0.25) is 0 Å². The molecule has 0 aliphatic carbocycles. The molecule has 0 N–H and O–H groups in total. The van der Waals surface area contributed by atoms with Crippen LogP contribution in [0.3, 0.4) is 0 Å². The van der Waals surface area contributed by atoms with E-state index in [1.54, 1.807) is 19.3 Å². The molecule has 1 rings (SSSR count). The Kier molecular flexibility index (Phi) is 9.04. The van der Waals surface area contributed by atoms with E-state index >= 15 is 0 Å². The average Bonchev–Trinajstić information content (AvgIpc) is 2.52. The lowest BCUT2D eigenvalue weighted by Gasteiger charge is -2.11. The van der Waals surface area contributed by atoms with E-state index < -0.39 is 0 Å². The molecule has 3 heteroatoms. The lowest BCUT2D eigenvalue weighted by Crippen LogP contribution is -1.99. The molecule has 0 fully saturated rings. The smallest absolute Gasteiger partial charge is 0.161 e. The molecule has 122 valence electrons. The number of allylic oxidation sites excluding steroid dienone is 1. The van der Waals surface area contributed by atoms with Crippen molar-refractivity contribution >= 4 is 11.9 Å². The third-order valence-electron chi connectivity index (χ3n) is 3.45. The largest absolute Gasteiger partial charge is 0.493 e. The summed E-state index contributed by atoms with van der Waals surface area (Å²) in [6.45, 7) is 4.47. The average molecular weight is 304 g/mol. The fraction of sp³-hybridized carbons (Fsp3) is 0.526. The van der Waals surface area contributed by atoms with Gasteiger partial charge < -0.3 is 9.47 Å². The minimum absolute atomic E-state index is 0.0300. The maximum absolute atomic E-state index is 11.0. The number of ether oxygens (including phenoxy) is 2. The quantitative estimate of drug-likeness (QED) is 0.424. The van der Waals surface area contributed by atoms with E-state index in [1.165, 1.54) is 39.0 Å². The zero-order valence-corrected chi connectivity index (χ0v) is 14.1. The Labute approximate surface area is 134 Å². The zero-order chi connectivity index (χ0) is 16.2. The van der Waals surface area contributed by atoms with Crippen molar-refractivity contribution in [2.75, 3.05) is 13.7 Å². The number of ketones is 1. The summed E-state index contributed by atoms with van der Waals surface area (Å²) in [5, 5.41) is 0. The maximum Gasteiger partial charge on any atom is 0.161 e. The van der Waals surface area contributed by atoms with Crippen LogP contribution < -0.4 is 9.47 Å². The van der Waals surface area contributed by atoms with Crippen LogP contribution in [0.15, 0.2) is 24.3 Å². The predicted molar refractivity (Wildman–Crippen MR) is 91.6 cm³/mol. The van der Waals surface area contributed by atoms with Gasteiger partial charge in [0.25, 0.3) is 0 Å².